The number of carbonyl (C=O) groups is 1. The van der Waals surface area contributed by atoms with Gasteiger partial charge in [0.05, 0.1) is 26.0 Å². The van der Waals surface area contributed by atoms with E-state index in [0.717, 1.165) is 11.1 Å². The van der Waals surface area contributed by atoms with Crippen LogP contribution in [0.3, 0.4) is 0 Å². The summed E-state index contributed by atoms with van der Waals surface area (Å²) < 4.78 is 11.4. The molecule has 2 rings (SSSR count). The Morgan fingerprint density at radius 3 is 2.76 bits per heavy atom. The molecular formula is C14H16ClN3O3. The summed E-state index contributed by atoms with van der Waals surface area (Å²) >= 11 is 6.22. The summed E-state index contributed by atoms with van der Waals surface area (Å²) in [6, 6.07) is 5.77. The van der Waals surface area contributed by atoms with E-state index in [1.165, 1.54) is 14.2 Å². The lowest BCUT2D eigenvalue weighted by Gasteiger charge is -2.09. The average Bonchev–Trinajstić information content (AvgIpc) is 2.84. The third-order valence-corrected chi connectivity index (χ3v) is 3.38. The van der Waals surface area contributed by atoms with Crippen LogP contribution in [0.5, 0.6) is 0 Å². The van der Waals surface area contributed by atoms with Crippen LogP contribution in [0, 0.1) is 6.92 Å². The maximum atomic E-state index is 11.7. The molecule has 0 radical (unpaired) electrons. The zero-order valence-electron chi connectivity index (χ0n) is 12.1. The van der Waals surface area contributed by atoms with Crippen molar-refractivity contribution in [2.75, 3.05) is 14.2 Å². The molecule has 2 aromatic rings. The van der Waals surface area contributed by atoms with E-state index in [-0.39, 0.29) is 12.3 Å². The van der Waals surface area contributed by atoms with Crippen molar-refractivity contribution in [2.24, 2.45) is 0 Å². The van der Waals surface area contributed by atoms with Gasteiger partial charge in [0, 0.05) is 12.1 Å². The van der Waals surface area contributed by atoms with Gasteiger partial charge in [-0.25, -0.2) is 9.48 Å². The Labute approximate surface area is 127 Å². The Bertz CT molecular complexity index is 655. The summed E-state index contributed by atoms with van der Waals surface area (Å²) in [4.78, 5) is 11.7. The van der Waals surface area contributed by atoms with Crippen molar-refractivity contribution in [1.29, 1.82) is 0 Å². The third-order valence-electron chi connectivity index (χ3n) is 3.03. The predicted octanol–water partition coefficient (Wildman–Crippen LogP) is 2.22. The molecule has 0 saturated heterocycles. The number of nitrogens with zero attached hydrogens (tertiary/aromatic N) is 3. The fraction of sp³-hybridized carbons (Fsp3) is 0.357. The van der Waals surface area contributed by atoms with E-state index in [0.29, 0.717) is 17.3 Å². The number of benzene rings is 1. The van der Waals surface area contributed by atoms with Crippen LogP contribution in [0.25, 0.3) is 0 Å². The van der Waals surface area contributed by atoms with Gasteiger partial charge in [0.15, 0.2) is 5.69 Å². The lowest BCUT2D eigenvalue weighted by Crippen LogP contribution is -2.11. The molecule has 1 aromatic carbocycles. The van der Waals surface area contributed by atoms with Crippen molar-refractivity contribution in [3.05, 3.63) is 45.7 Å². The summed E-state index contributed by atoms with van der Waals surface area (Å²) in [7, 11) is 2.84. The summed E-state index contributed by atoms with van der Waals surface area (Å²) in [5, 5.41) is 8.50. The first-order valence-corrected chi connectivity index (χ1v) is 6.69. The number of rotatable bonds is 5. The predicted molar refractivity (Wildman–Crippen MR) is 77.4 cm³/mol. The van der Waals surface area contributed by atoms with Crippen LogP contribution in [-0.4, -0.2) is 35.2 Å². The second kappa shape index (κ2) is 6.69. The average molecular weight is 310 g/mol. The van der Waals surface area contributed by atoms with Gasteiger partial charge in [-0.3, -0.25) is 0 Å². The molecule has 0 saturated carbocycles. The smallest absolute Gasteiger partial charge is 0.360 e. The molecular weight excluding hydrogens is 294 g/mol. The number of methoxy groups -OCH3 is 2. The highest BCUT2D eigenvalue weighted by atomic mass is 35.5. The van der Waals surface area contributed by atoms with Gasteiger partial charge in [-0.2, -0.15) is 0 Å². The van der Waals surface area contributed by atoms with Crippen LogP contribution in [-0.2, 0) is 22.6 Å². The normalized spacial score (nSPS) is 10.7. The molecule has 0 aliphatic carbocycles. The standard InChI is InChI=1S/C14H16ClN3O3/c1-9-4-5-10(11(15)6-9)7-18-12(8-20-2)13(16-17-18)14(19)21-3/h4-6H,7-8H2,1-3H3. The number of ether oxygens (including phenoxy) is 2. The molecule has 0 amide bonds. The number of aromatic nitrogens is 3. The summed E-state index contributed by atoms with van der Waals surface area (Å²) in [5.74, 6) is -0.539. The molecule has 0 atom stereocenters. The van der Waals surface area contributed by atoms with Crippen molar-refractivity contribution >= 4 is 17.6 Å². The van der Waals surface area contributed by atoms with Crippen molar-refractivity contribution in [2.45, 2.75) is 20.1 Å². The van der Waals surface area contributed by atoms with Gasteiger partial charge in [0.1, 0.15) is 0 Å². The van der Waals surface area contributed by atoms with E-state index in [9.17, 15) is 4.79 Å². The van der Waals surface area contributed by atoms with E-state index < -0.39 is 5.97 Å². The van der Waals surface area contributed by atoms with Crippen LogP contribution in [0.2, 0.25) is 5.02 Å². The maximum Gasteiger partial charge on any atom is 0.360 e. The Morgan fingerprint density at radius 1 is 1.38 bits per heavy atom. The van der Waals surface area contributed by atoms with Gasteiger partial charge in [-0.05, 0) is 24.1 Å². The number of carbonyl (C=O) groups excluding carboxylic acids is 1. The monoisotopic (exact) mass is 309 g/mol. The van der Waals surface area contributed by atoms with Gasteiger partial charge in [-0.15, -0.1) is 5.10 Å². The molecule has 0 N–H and O–H groups in total. The minimum Gasteiger partial charge on any atom is -0.464 e. The van der Waals surface area contributed by atoms with E-state index >= 15 is 0 Å². The van der Waals surface area contributed by atoms with E-state index in [2.05, 4.69) is 15.0 Å². The topological polar surface area (TPSA) is 66.2 Å². The fourth-order valence-electron chi connectivity index (χ4n) is 1.94. The van der Waals surface area contributed by atoms with Crippen LogP contribution in [0.15, 0.2) is 18.2 Å². The molecule has 0 bridgehead atoms. The first kappa shape index (κ1) is 15.5. The minimum atomic E-state index is -0.539. The zero-order valence-corrected chi connectivity index (χ0v) is 12.8. The molecule has 112 valence electrons. The second-order valence-corrected chi connectivity index (χ2v) is 4.97. The van der Waals surface area contributed by atoms with Crippen LogP contribution in [0.1, 0.15) is 27.3 Å². The summed E-state index contributed by atoms with van der Waals surface area (Å²) in [6.45, 7) is 2.58. The summed E-state index contributed by atoms with van der Waals surface area (Å²) in [6.07, 6.45) is 0. The summed E-state index contributed by atoms with van der Waals surface area (Å²) in [5.41, 5.74) is 2.68. The lowest BCUT2D eigenvalue weighted by molar-refractivity contribution is 0.0588. The van der Waals surface area contributed by atoms with E-state index in [1.807, 2.05) is 25.1 Å². The third kappa shape index (κ3) is 3.40. The van der Waals surface area contributed by atoms with Crippen molar-refractivity contribution in [1.82, 2.24) is 15.0 Å². The van der Waals surface area contributed by atoms with Crippen LogP contribution in [0.4, 0.5) is 0 Å². The molecule has 0 spiro atoms. The maximum absolute atomic E-state index is 11.7. The largest absolute Gasteiger partial charge is 0.464 e. The van der Waals surface area contributed by atoms with E-state index in [4.69, 9.17) is 16.3 Å². The van der Waals surface area contributed by atoms with Crippen LogP contribution >= 0.6 is 11.6 Å². The Kier molecular flexibility index (Phi) is 4.93. The molecule has 7 heteroatoms. The first-order chi connectivity index (χ1) is 10.1. The molecule has 0 aliphatic heterocycles. The molecule has 21 heavy (non-hydrogen) atoms. The van der Waals surface area contributed by atoms with Gasteiger partial charge < -0.3 is 9.47 Å². The minimum absolute atomic E-state index is 0.155. The highest BCUT2D eigenvalue weighted by Crippen LogP contribution is 2.20. The Morgan fingerprint density at radius 2 is 2.14 bits per heavy atom. The van der Waals surface area contributed by atoms with E-state index in [1.54, 1.807) is 4.68 Å². The second-order valence-electron chi connectivity index (χ2n) is 4.56. The molecule has 0 unspecified atom stereocenters. The highest BCUT2D eigenvalue weighted by Gasteiger charge is 2.20. The van der Waals surface area contributed by atoms with Crippen molar-refractivity contribution in [3.63, 3.8) is 0 Å². The lowest BCUT2D eigenvalue weighted by atomic mass is 10.1. The highest BCUT2D eigenvalue weighted by molar-refractivity contribution is 6.31. The van der Waals surface area contributed by atoms with Gasteiger partial charge >= 0.3 is 5.97 Å². The van der Waals surface area contributed by atoms with Crippen molar-refractivity contribution < 1.29 is 14.3 Å². The molecule has 6 nitrogen and oxygen atoms in total. The fourth-order valence-corrected chi connectivity index (χ4v) is 2.23. The molecule has 1 aromatic heterocycles. The number of esters is 1. The first-order valence-electron chi connectivity index (χ1n) is 6.31. The zero-order chi connectivity index (χ0) is 15.4. The number of hydrogen-bond donors (Lipinski definition) is 0. The SMILES string of the molecule is COCc1c(C(=O)OC)nnn1Cc1ccc(C)cc1Cl. The quantitative estimate of drug-likeness (QED) is 0.792. The molecule has 1 heterocycles. The van der Waals surface area contributed by atoms with Crippen molar-refractivity contribution in [3.8, 4) is 0 Å². The number of aryl methyl sites for hydroxylation is 1. The number of halogens is 1. The Balaban J connectivity index is 2.35. The van der Waals surface area contributed by atoms with Gasteiger partial charge in [-0.1, -0.05) is 28.9 Å². The van der Waals surface area contributed by atoms with Gasteiger partial charge in [0.25, 0.3) is 0 Å². The number of hydrogen-bond acceptors (Lipinski definition) is 5. The Hall–Kier alpha value is -1.92. The van der Waals surface area contributed by atoms with Gasteiger partial charge in [0.2, 0.25) is 0 Å². The molecule has 0 fully saturated rings. The molecule has 0 aliphatic rings. The van der Waals surface area contributed by atoms with Crippen LogP contribution < -0.4 is 0 Å².